The highest BCUT2D eigenvalue weighted by molar-refractivity contribution is 5.14. The SMILES string of the molecule is C=CC(COCc1ccccc1)OC(C=C)COCc1ccccc1. The molecule has 0 heterocycles. The van der Waals surface area contributed by atoms with Crippen LogP contribution in [0.5, 0.6) is 0 Å². The molecule has 2 aromatic carbocycles. The maximum absolute atomic E-state index is 5.94. The van der Waals surface area contributed by atoms with Crippen LogP contribution in [0.25, 0.3) is 0 Å². The highest BCUT2D eigenvalue weighted by Crippen LogP contribution is 2.08. The number of benzene rings is 2. The third-order valence-corrected chi connectivity index (χ3v) is 3.66. The molecule has 132 valence electrons. The molecule has 0 aliphatic heterocycles. The van der Waals surface area contributed by atoms with Gasteiger partial charge in [-0.1, -0.05) is 72.8 Å². The summed E-state index contributed by atoms with van der Waals surface area (Å²) in [5.74, 6) is 0. The van der Waals surface area contributed by atoms with E-state index < -0.39 is 0 Å². The van der Waals surface area contributed by atoms with Gasteiger partial charge in [-0.15, -0.1) is 13.2 Å². The predicted octanol–water partition coefficient (Wildman–Crippen LogP) is 4.55. The van der Waals surface area contributed by atoms with Crippen LogP contribution in [0.3, 0.4) is 0 Å². The lowest BCUT2D eigenvalue weighted by Gasteiger charge is -2.20. The Morgan fingerprint density at radius 1 is 0.680 bits per heavy atom. The summed E-state index contributed by atoms with van der Waals surface area (Å²) in [4.78, 5) is 0. The summed E-state index contributed by atoms with van der Waals surface area (Å²) in [7, 11) is 0. The summed E-state index contributed by atoms with van der Waals surface area (Å²) < 4.78 is 17.4. The van der Waals surface area contributed by atoms with Crippen LogP contribution in [-0.4, -0.2) is 25.4 Å². The third-order valence-electron chi connectivity index (χ3n) is 3.66. The monoisotopic (exact) mass is 338 g/mol. The molecule has 2 atom stereocenters. The van der Waals surface area contributed by atoms with Gasteiger partial charge in [0, 0.05) is 0 Å². The molecule has 0 bridgehead atoms. The Labute approximate surface area is 150 Å². The van der Waals surface area contributed by atoms with Crippen molar-refractivity contribution in [3.63, 3.8) is 0 Å². The molecule has 0 aromatic heterocycles. The average molecular weight is 338 g/mol. The molecule has 2 rings (SSSR count). The molecule has 0 fully saturated rings. The highest BCUT2D eigenvalue weighted by atomic mass is 16.6. The van der Waals surface area contributed by atoms with E-state index in [0.717, 1.165) is 11.1 Å². The molecule has 0 saturated heterocycles. The Bertz CT molecular complexity index is 554. The standard InChI is InChI=1S/C22H26O3/c1-3-21(17-23-15-19-11-7-5-8-12-19)25-22(4-2)18-24-16-20-13-9-6-10-14-20/h3-14,21-22H,1-2,15-18H2. The van der Waals surface area contributed by atoms with Crippen molar-refractivity contribution in [3.8, 4) is 0 Å². The number of rotatable bonds is 12. The summed E-state index contributed by atoms with van der Waals surface area (Å²) in [6, 6.07) is 20.1. The summed E-state index contributed by atoms with van der Waals surface area (Å²) >= 11 is 0. The van der Waals surface area contributed by atoms with Crippen molar-refractivity contribution in [1.29, 1.82) is 0 Å². The molecule has 0 amide bonds. The fourth-order valence-corrected chi connectivity index (χ4v) is 2.28. The second-order valence-corrected chi connectivity index (χ2v) is 5.69. The molecular weight excluding hydrogens is 312 g/mol. The van der Waals surface area contributed by atoms with E-state index in [-0.39, 0.29) is 12.2 Å². The zero-order chi connectivity index (χ0) is 17.7. The Kier molecular flexibility index (Phi) is 8.70. The number of hydrogen-bond donors (Lipinski definition) is 0. The molecule has 0 radical (unpaired) electrons. The maximum Gasteiger partial charge on any atom is 0.0996 e. The van der Waals surface area contributed by atoms with Gasteiger partial charge in [0.15, 0.2) is 0 Å². The molecule has 0 spiro atoms. The zero-order valence-corrected chi connectivity index (χ0v) is 14.6. The first-order valence-corrected chi connectivity index (χ1v) is 8.45. The lowest BCUT2D eigenvalue weighted by atomic mass is 10.2. The van der Waals surface area contributed by atoms with Gasteiger partial charge in [0.25, 0.3) is 0 Å². The smallest absolute Gasteiger partial charge is 0.0996 e. The van der Waals surface area contributed by atoms with Gasteiger partial charge in [-0.2, -0.15) is 0 Å². The Hall–Kier alpha value is -2.20. The fraction of sp³-hybridized carbons (Fsp3) is 0.273. The van der Waals surface area contributed by atoms with E-state index >= 15 is 0 Å². The van der Waals surface area contributed by atoms with Crippen molar-refractivity contribution < 1.29 is 14.2 Å². The van der Waals surface area contributed by atoms with Gasteiger partial charge in [-0.25, -0.2) is 0 Å². The van der Waals surface area contributed by atoms with Gasteiger partial charge in [-0.05, 0) is 11.1 Å². The molecule has 0 aliphatic carbocycles. The van der Waals surface area contributed by atoms with Gasteiger partial charge in [0.05, 0.1) is 38.6 Å². The second kappa shape index (κ2) is 11.4. The van der Waals surface area contributed by atoms with Crippen LogP contribution in [0.4, 0.5) is 0 Å². The summed E-state index contributed by atoms with van der Waals surface area (Å²) in [5.41, 5.74) is 2.27. The minimum Gasteiger partial charge on any atom is -0.374 e. The molecule has 2 aromatic rings. The Morgan fingerprint density at radius 2 is 1.08 bits per heavy atom. The Morgan fingerprint density at radius 3 is 1.44 bits per heavy atom. The predicted molar refractivity (Wildman–Crippen MR) is 101 cm³/mol. The highest BCUT2D eigenvalue weighted by Gasteiger charge is 2.12. The normalized spacial score (nSPS) is 13.1. The first kappa shape index (κ1) is 19.1. The minimum atomic E-state index is -0.202. The van der Waals surface area contributed by atoms with E-state index in [1.54, 1.807) is 12.2 Å². The van der Waals surface area contributed by atoms with Crippen LogP contribution in [0.15, 0.2) is 86.0 Å². The van der Waals surface area contributed by atoms with Gasteiger partial charge in [0.1, 0.15) is 0 Å². The van der Waals surface area contributed by atoms with E-state index in [2.05, 4.69) is 13.2 Å². The van der Waals surface area contributed by atoms with Crippen molar-refractivity contribution in [1.82, 2.24) is 0 Å². The molecule has 2 unspecified atom stereocenters. The van der Waals surface area contributed by atoms with Crippen LogP contribution in [0.2, 0.25) is 0 Å². The van der Waals surface area contributed by atoms with E-state index in [4.69, 9.17) is 14.2 Å². The van der Waals surface area contributed by atoms with Crippen molar-refractivity contribution in [3.05, 3.63) is 97.1 Å². The molecule has 3 nitrogen and oxygen atoms in total. The van der Waals surface area contributed by atoms with Crippen LogP contribution in [-0.2, 0) is 27.4 Å². The van der Waals surface area contributed by atoms with Crippen LogP contribution in [0.1, 0.15) is 11.1 Å². The van der Waals surface area contributed by atoms with E-state index in [9.17, 15) is 0 Å². The van der Waals surface area contributed by atoms with Crippen LogP contribution >= 0.6 is 0 Å². The van der Waals surface area contributed by atoms with E-state index in [0.29, 0.717) is 26.4 Å². The number of ether oxygens (including phenoxy) is 3. The molecule has 25 heavy (non-hydrogen) atoms. The van der Waals surface area contributed by atoms with Crippen molar-refractivity contribution in [2.75, 3.05) is 13.2 Å². The lowest BCUT2D eigenvalue weighted by molar-refractivity contribution is -0.0532. The van der Waals surface area contributed by atoms with Gasteiger partial charge in [-0.3, -0.25) is 0 Å². The summed E-state index contributed by atoms with van der Waals surface area (Å²) in [5, 5.41) is 0. The fourth-order valence-electron chi connectivity index (χ4n) is 2.28. The first-order valence-electron chi connectivity index (χ1n) is 8.45. The third kappa shape index (κ3) is 7.48. The topological polar surface area (TPSA) is 27.7 Å². The van der Waals surface area contributed by atoms with Gasteiger partial charge < -0.3 is 14.2 Å². The minimum absolute atomic E-state index is 0.202. The van der Waals surface area contributed by atoms with Gasteiger partial charge in [0.2, 0.25) is 0 Å². The van der Waals surface area contributed by atoms with Gasteiger partial charge >= 0.3 is 0 Å². The molecular formula is C22H26O3. The molecule has 0 N–H and O–H groups in total. The molecule has 0 saturated carbocycles. The van der Waals surface area contributed by atoms with Crippen molar-refractivity contribution in [2.24, 2.45) is 0 Å². The zero-order valence-electron chi connectivity index (χ0n) is 14.6. The summed E-state index contributed by atoms with van der Waals surface area (Å²) in [6.45, 7) is 9.64. The Balaban J connectivity index is 1.70. The second-order valence-electron chi connectivity index (χ2n) is 5.69. The van der Waals surface area contributed by atoms with Crippen LogP contribution < -0.4 is 0 Å². The molecule has 3 heteroatoms. The van der Waals surface area contributed by atoms with Crippen molar-refractivity contribution in [2.45, 2.75) is 25.4 Å². The summed E-state index contributed by atoms with van der Waals surface area (Å²) in [6.07, 6.45) is 3.09. The van der Waals surface area contributed by atoms with E-state index in [1.165, 1.54) is 0 Å². The quantitative estimate of drug-likeness (QED) is 0.532. The first-order chi connectivity index (χ1) is 12.3. The van der Waals surface area contributed by atoms with E-state index in [1.807, 2.05) is 60.7 Å². The van der Waals surface area contributed by atoms with Crippen molar-refractivity contribution >= 4 is 0 Å². The van der Waals surface area contributed by atoms with Crippen LogP contribution in [0, 0.1) is 0 Å². The maximum atomic E-state index is 5.94. The number of hydrogen-bond acceptors (Lipinski definition) is 3. The average Bonchev–Trinajstić information content (AvgIpc) is 2.67. The largest absolute Gasteiger partial charge is 0.374 e. The molecule has 0 aliphatic rings. The lowest BCUT2D eigenvalue weighted by Crippen LogP contribution is -2.26.